The molecule has 1 aliphatic carbocycles. The van der Waals surface area contributed by atoms with Gasteiger partial charge in [0.1, 0.15) is 0 Å². The van der Waals surface area contributed by atoms with Gasteiger partial charge in [-0.3, -0.25) is 15.0 Å². The van der Waals surface area contributed by atoms with Gasteiger partial charge >= 0.3 is 0 Å². The number of halogens is 1. The van der Waals surface area contributed by atoms with Gasteiger partial charge in [-0.25, -0.2) is 0 Å². The highest BCUT2D eigenvalue weighted by molar-refractivity contribution is 6.31. The minimum atomic E-state index is 0.657. The second-order valence-electron chi connectivity index (χ2n) is 4.66. The number of fused-ring (bicyclic) bond motifs is 1. The third-order valence-electron chi connectivity index (χ3n) is 3.43. The first-order valence-corrected chi connectivity index (χ1v) is 8.04. The van der Waals surface area contributed by atoms with Crippen molar-refractivity contribution in [1.29, 1.82) is 0 Å². The van der Waals surface area contributed by atoms with E-state index in [1.54, 1.807) is 19.4 Å². The van der Waals surface area contributed by atoms with Crippen molar-refractivity contribution in [2.24, 2.45) is 4.99 Å². The Morgan fingerprint density at radius 1 is 1.09 bits per heavy atom. The minimum absolute atomic E-state index is 0.657. The Morgan fingerprint density at radius 2 is 1.83 bits per heavy atom. The van der Waals surface area contributed by atoms with Crippen LogP contribution in [0.15, 0.2) is 59.4 Å². The van der Waals surface area contributed by atoms with Gasteiger partial charge in [0.15, 0.2) is 0 Å². The van der Waals surface area contributed by atoms with Gasteiger partial charge in [-0.15, -0.1) is 0 Å². The zero-order valence-electron chi connectivity index (χ0n) is 13.8. The molecule has 0 fully saturated rings. The molecule has 0 atom stereocenters. The molecule has 2 aromatic rings. The molecule has 4 heteroatoms. The fourth-order valence-corrected chi connectivity index (χ4v) is 2.63. The summed E-state index contributed by atoms with van der Waals surface area (Å²) in [5.74, 6) is 0. The molecule has 0 amide bonds. The second kappa shape index (κ2) is 7.84. The molecule has 1 aromatic carbocycles. The lowest BCUT2D eigenvalue weighted by atomic mass is 9.94. The van der Waals surface area contributed by atoms with Crippen LogP contribution in [0, 0.1) is 0 Å². The topological polar surface area (TPSA) is 38.1 Å². The Bertz CT molecular complexity index is 830. The van der Waals surface area contributed by atoms with Crippen molar-refractivity contribution in [3.8, 4) is 0 Å². The van der Waals surface area contributed by atoms with E-state index in [0.717, 1.165) is 33.5 Å². The molecule has 1 aliphatic rings. The molecule has 118 valence electrons. The fourth-order valence-electron chi connectivity index (χ4n) is 2.42. The summed E-state index contributed by atoms with van der Waals surface area (Å²) in [6.07, 6.45) is 11.6. The summed E-state index contributed by atoms with van der Waals surface area (Å²) in [4.78, 5) is 13.0. The maximum absolute atomic E-state index is 6.21. The molecule has 0 saturated heterocycles. The molecule has 3 rings (SSSR count). The van der Waals surface area contributed by atoms with Gasteiger partial charge in [0.25, 0.3) is 0 Å². The SMILES string of the molecule is C/C=C1/C=C(c2cc(Cl)cc3nccnc23)C=CC1=NC.CC. The average molecular weight is 326 g/mol. The Kier molecular flexibility index (Phi) is 5.83. The lowest BCUT2D eigenvalue weighted by Gasteiger charge is -2.13. The Balaban J connectivity index is 0.000000924. The number of hydrogen-bond donors (Lipinski definition) is 0. The molecule has 0 radical (unpaired) electrons. The van der Waals surface area contributed by atoms with Gasteiger partial charge in [-0.1, -0.05) is 37.6 Å². The summed E-state index contributed by atoms with van der Waals surface area (Å²) in [6.45, 7) is 6.00. The first-order chi connectivity index (χ1) is 11.2. The molecular formula is C19H20ClN3. The standard InChI is InChI=1S/C17H14ClN3.C2H6/c1-3-11-8-12(4-5-15(11)19-2)14-9-13(18)10-16-17(14)21-7-6-20-16;1-2/h3-10H,1-2H3;1-2H3/b11-3-,19-15?;. The largest absolute Gasteiger partial charge is 0.288 e. The lowest BCUT2D eigenvalue weighted by molar-refractivity contribution is 1.29. The normalized spacial score (nSPS) is 17.2. The first kappa shape index (κ1) is 17.1. The number of aromatic nitrogens is 2. The first-order valence-electron chi connectivity index (χ1n) is 7.67. The number of hydrogen-bond acceptors (Lipinski definition) is 3. The zero-order chi connectivity index (χ0) is 16.8. The summed E-state index contributed by atoms with van der Waals surface area (Å²) in [5.41, 5.74) is 5.75. The van der Waals surface area contributed by atoms with Crippen LogP contribution in [0.2, 0.25) is 5.02 Å². The van der Waals surface area contributed by atoms with Gasteiger partial charge in [0.2, 0.25) is 0 Å². The highest BCUT2D eigenvalue weighted by Crippen LogP contribution is 2.30. The highest BCUT2D eigenvalue weighted by atomic mass is 35.5. The third-order valence-corrected chi connectivity index (χ3v) is 3.65. The number of rotatable bonds is 1. The molecule has 23 heavy (non-hydrogen) atoms. The highest BCUT2D eigenvalue weighted by Gasteiger charge is 2.13. The van der Waals surface area contributed by atoms with Crippen molar-refractivity contribution in [2.45, 2.75) is 20.8 Å². The van der Waals surface area contributed by atoms with Crippen LogP contribution in [-0.4, -0.2) is 22.7 Å². The van der Waals surface area contributed by atoms with E-state index in [4.69, 9.17) is 11.6 Å². The quantitative estimate of drug-likeness (QED) is 0.715. The van der Waals surface area contributed by atoms with E-state index < -0.39 is 0 Å². The fraction of sp³-hybridized carbons (Fsp3) is 0.211. The number of allylic oxidation sites excluding steroid dienone is 6. The summed E-state index contributed by atoms with van der Waals surface area (Å²) >= 11 is 6.21. The van der Waals surface area contributed by atoms with Crippen LogP contribution in [0.3, 0.4) is 0 Å². The Morgan fingerprint density at radius 3 is 2.52 bits per heavy atom. The van der Waals surface area contributed by atoms with Crippen molar-refractivity contribution >= 4 is 33.9 Å². The summed E-state index contributed by atoms with van der Waals surface area (Å²) < 4.78 is 0. The van der Waals surface area contributed by atoms with Gasteiger partial charge in [0, 0.05) is 30.0 Å². The van der Waals surface area contributed by atoms with Gasteiger partial charge in [-0.2, -0.15) is 0 Å². The van der Waals surface area contributed by atoms with Crippen molar-refractivity contribution in [3.63, 3.8) is 0 Å². The smallest absolute Gasteiger partial charge is 0.0966 e. The van der Waals surface area contributed by atoms with Gasteiger partial charge in [0.05, 0.1) is 16.7 Å². The predicted molar refractivity (Wildman–Crippen MR) is 100 cm³/mol. The number of benzene rings is 1. The molecule has 0 aliphatic heterocycles. The van der Waals surface area contributed by atoms with E-state index in [1.807, 2.05) is 51.1 Å². The van der Waals surface area contributed by atoms with Crippen molar-refractivity contribution in [3.05, 3.63) is 65.0 Å². The van der Waals surface area contributed by atoms with Crippen molar-refractivity contribution < 1.29 is 0 Å². The van der Waals surface area contributed by atoms with Crippen LogP contribution in [-0.2, 0) is 0 Å². The van der Waals surface area contributed by atoms with E-state index in [1.165, 1.54) is 0 Å². The molecule has 1 aromatic heterocycles. The minimum Gasteiger partial charge on any atom is -0.288 e. The van der Waals surface area contributed by atoms with Crippen LogP contribution in [0.4, 0.5) is 0 Å². The van der Waals surface area contributed by atoms with Crippen molar-refractivity contribution in [1.82, 2.24) is 9.97 Å². The van der Waals surface area contributed by atoms with Crippen LogP contribution < -0.4 is 0 Å². The average Bonchev–Trinajstić information content (AvgIpc) is 2.62. The monoisotopic (exact) mass is 325 g/mol. The summed E-state index contributed by atoms with van der Waals surface area (Å²) in [5, 5.41) is 0.657. The predicted octanol–water partition coefficient (Wildman–Crippen LogP) is 5.28. The zero-order valence-corrected chi connectivity index (χ0v) is 14.6. The molecular weight excluding hydrogens is 306 g/mol. The van der Waals surface area contributed by atoms with E-state index in [2.05, 4.69) is 21.0 Å². The molecule has 0 N–H and O–H groups in total. The summed E-state index contributed by atoms with van der Waals surface area (Å²) in [7, 11) is 1.79. The van der Waals surface area contributed by atoms with Gasteiger partial charge < -0.3 is 0 Å². The number of nitrogens with zero attached hydrogens (tertiary/aromatic N) is 3. The van der Waals surface area contributed by atoms with Crippen LogP contribution in [0.25, 0.3) is 16.6 Å². The van der Waals surface area contributed by atoms with Crippen LogP contribution in [0.1, 0.15) is 26.3 Å². The van der Waals surface area contributed by atoms with E-state index in [9.17, 15) is 0 Å². The van der Waals surface area contributed by atoms with Crippen LogP contribution >= 0.6 is 11.6 Å². The Labute approximate surface area is 142 Å². The van der Waals surface area contributed by atoms with Crippen molar-refractivity contribution in [2.75, 3.05) is 7.05 Å². The lowest BCUT2D eigenvalue weighted by Crippen LogP contribution is -2.02. The number of aliphatic imine (C=N–C) groups is 1. The van der Waals surface area contributed by atoms with Gasteiger partial charge in [-0.05, 0) is 42.4 Å². The summed E-state index contributed by atoms with van der Waals surface area (Å²) in [6, 6.07) is 3.76. The maximum Gasteiger partial charge on any atom is 0.0966 e. The molecule has 1 heterocycles. The van der Waals surface area contributed by atoms with E-state index in [-0.39, 0.29) is 0 Å². The second-order valence-corrected chi connectivity index (χ2v) is 5.10. The molecule has 0 saturated carbocycles. The molecule has 0 bridgehead atoms. The third kappa shape index (κ3) is 3.57. The van der Waals surface area contributed by atoms with E-state index in [0.29, 0.717) is 5.02 Å². The van der Waals surface area contributed by atoms with Crippen LogP contribution in [0.5, 0.6) is 0 Å². The molecule has 0 spiro atoms. The van der Waals surface area contributed by atoms with E-state index >= 15 is 0 Å². The molecule has 0 unspecified atom stereocenters. The molecule has 3 nitrogen and oxygen atoms in total. The maximum atomic E-state index is 6.21. The Hall–Kier alpha value is -2.26.